The number of rotatable bonds is 10. The van der Waals surface area contributed by atoms with Crippen LogP contribution in [0.1, 0.15) is 24.3 Å². The summed E-state index contributed by atoms with van der Waals surface area (Å²) in [6.45, 7) is 2.00. The van der Waals surface area contributed by atoms with Gasteiger partial charge in [-0.1, -0.05) is 60.7 Å². The molecular weight excluding hydrogens is 563 g/mol. The highest BCUT2D eigenvalue weighted by molar-refractivity contribution is 7.50. The van der Waals surface area contributed by atoms with Crippen molar-refractivity contribution in [3.05, 3.63) is 84.4 Å². The zero-order chi connectivity index (χ0) is 29.1. The van der Waals surface area contributed by atoms with E-state index in [2.05, 4.69) is 25.6 Å². The summed E-state index contributed by atoms with van der Waals surface area (Å²) < 4.78 is 38.9. The number of imidazole rings is 1. The van der Waals surface area contributed by atoms with Gasteiger partial charge in [-0.25, -0.2) is 19.7 Å². The molecule has 2 aromatic carbocycles. The van der Waals surface area contributed by atoms with Crippen LogP contribution in [0.2, 0.25) is 0 Å². The van der Waals surface area contributed by atoms with Crippen molar-refractivity contribution in [1.29, 1.82) is 0 Å². The first-order valence-electron chi connectivity index (χ1n) is 13.6. The standard InChI is InChI=1S/C28H31N6O7P/c1-2-29-28(35)33-25-22-26(31-16-30-25)34(17-32-22)27-24-23(40-21(41-24)13-18-9-5-3-6-10-18)20(39-27)14-38-42(36,37)15-19-11-7-4-8-12-19/h3-12,16-17,20-21,23-24,27H,2,13-15H2,1H3,(H,36,37)(H2,29,30,31,33,35)/p-1/t20-,21?,23?,24+,27-/m1/s1. The molecule has 0 radical (unpaired) electrons. The van der Waals surface area contributed by atoms with E-state index in [4.69, 9.17) is 18.7 Å². The topological polar surface area (TPSA) is 162 Å². The van der Waals surface area contributed by atoms with Crippen molar-refractivity contribution in [2.45, 2.75) is 50.3 Å². The van der Waals surface area contributed by atoms with Crippen LogP contribution in [0, 0.1) is 0 Å². The Labute approximate surface area is 241 Å². The molecule has 3 unspecified atom stereocenters. The molecule has 4 heterocycles. The number of nitrogens with zero attached hydrogens (tertiary/aromatic N) is 4. The summed E-state index contributed by atoms with van der Waals surface area (Å²) in [6.07, 6.45) is -0.239. The fourth-order valence-corrected chi connectivity index (χ4v) is 6.27. The van der Waals surface area contributed by atoms with Gasteiger partial charge in [0.2, 0.25) is 0 Å². The number of carbonyl (C=O) groups excluding carboxylic acids is 1. The van der Waals surface area contributed by atoms with Gasteiger partial charge in [0.1, 0.15) is 32.2 Å². The molecule has 220 valence electrons. The Hall–Kier alpha value is -3.71. The summed E-state index contributed by atoms with van der Waals surface area (Å²) in [5, 5.41) is 5.33. The number of hydrogen-bond acceptors (Lipinski definition) is 10. The number of ether oxygens (including phenoxy) is 3. The normalized spacial score (nSPS) is 24.8. The minimum Gasteiger partial charge on any atom is -0.778 e. The molecule has 42 heavy (non-hydrogen) atoms. The van der Waals surface area contributed by atoms with E-state index in [9.17, 15) is 14.3 Å². The van der Waals surface area contributed by atoms with Gasteiger partial charge in [-0.2, -0.15) is 0 Å². The molecule has 6 atom stereocenters. The Balaban J connectivity index is 1.24. The molecule has 0 bridgehead atoms. The Bertz CT molecular complexity index is 1570. The summed E-state index contributed by atoms with van der Waals surface area (Å²) in [7, 11) is -4.23. The van der Waals surface area contributed by atoms with Gasteiger partial charge in [0.25, 0.3) is 0 Å². The van der Waals surface area contributed by atoms with Crippen LogP contribution in [0.25, 0.3) is 11.2 Å². The third kappa shape index (κ3) is 6.21. The lowest BCUT2D eigenvalue weighted by atomic mass is 10.1. The third-order valence-electron chi connectivity index (χ3n) is 7.01. The first kappa shape index (κ1) is 28.4. The predicted octanol–water partition coefficient (Wildman–Crippen LogP) is 2.99. The first-order chi connectivity index (χ1) is 20.4. The molecule has 13 nitrogen and oxygen atoms in total. The number of fused-ring (bicyclic) bond motifs is 2. The largest absolute Gasteiger partial charge is 0.778 e. The van der Waals surface area contributed by atoms with E-state index in [1.165, 1.54) is 12.7 Å². The molecule has 2 amide bonds. The highest BCUT2D eigenvalue weighted by Crippen LogP contribution is 2.45. The van der Waals surface area contributed by atoms with Crippen molar-refractivity contribution >= 4 is 30.6 Å². The smallest absolute Gasteiger partial charge is 0.320 e. The molecule has 0 spiro atoms. The Morgan fingerprint density at radius 3 is 2.45 bits per heavy atom. The lowest BCUT2D eigenvalue weighted by molar-refractivity contribution is -0.204. The van der Waals surface area contributed by atoms with E-state index in [0.29, 0.717) is 29.7 Å². The quantitative estimate of drug-likeness (QED) is 0.262. The van der Waals surface area contributed by atoms with Gasteiger partial charge in [0.15, 0.2) is 29.5 Å². The molecule has 0 aliphatic carbocycles. The Morgan fingerprint density at radius 1 is 1.00 bits per heavy atom. The van der Waals surface area contributed by atoms with Crippen LogP contribution < -0.4 is 15.5 Å². The number of hydrogen-bond donors (Lipinski definition) is 2. The van der Waals surface area contributed by atoms with E-state index in [1.54, 1.807) is 35.8 Å². The zero-order valence-electron chi connectivity index (χ0n) is 22.7. The number of amides is 2. The van der Waals surface area contributed by atoms with E-state index < -0.39 is 44.5 Å². The molecule has 14 heteroatoms. The second-order valence-corrected chi connectivity index (χ2v) is 11.8. The molecule has 4 aromatic rings. The van der Waals surface area contributed by atoms with Crippen molar-refractivity contribution < 1.29 is 33.0 Å². The van der Waals surface area contributed by atoms with Gasteiger partial charge < -0.3 is 33.5 Å². The van der Waals surface area contributed by atoms with Gasteiger partial charge in [-0.15, -0.1) is 0 Å². The maximum Gasteiger partial charge on any atom is 0.320 e. The minimum absolute atomic E-state index is 0.234. The SMILES string of the molecule is CCNC(=O)Nc1ncnc2c1ncn2[C@@H]1O[C@H](COP(=O)([O-])Cc2ccccc2)C2OC(Cc3ccccc3)O[C@@H]21. The van der Waals surface area contributed by atoms with Gasteiger partial charge in [0, 0.05) is 19.1 Å². The van der Waals surface area contributed by atoms with Crippen LogP contribution in [0.5, 0.6) is 0 Å². The highest BCUT2D eigenvalue weighted by Gasteiger charge is 2.54. The average molecular weight is 594 g/mol. The van der Waals surface area contributed by atoms with Crippen molar-refractivity contribution in [2.75, 3.05) is 18.5 Å². The molecule has 2 fully saturated rings. The maximum atomic E-state index is 12.8. The summed E-state index contributed by atoms with van der Waals surface area (Å²) in [6, 6.07) is 18.2. The van der Waals surface area contributed by atoms with Crippen LogP contribution in [-0.2, 0) is 35.9 Å². The van der Waals surface area contributed by atoms with Gasteiger partial charge >= 0.3 is 6.03 Å². The number of anilines is 1. The van der Waals surface area contributed by atoms with Gasteiger partial charge in [-0.05, 0) is 18.1 Å². The van der Waals surface area contributed by atoms with Crippen LogP contribution in [0.3, 0.4) is 0 Å². The Morgan fingerprint density at radius 2 is 1.71 bits per heavy atom. The average Bonchev–Trinajstić information content (AvgIpc) is 3.67. The predicted molar refractivity (Wildman–Crippen MR) is 149 cm³/mol. The zero-order valence-corrected chi connectivity index (χ0v) is 23.6. The van der Waals surface area contributed by atoms with Crippen molar-refractivity contribution in [2.24, 2.45) is 0 Å². The minimum atomic E-state index is -4.23. The second kappa shape index (κ2) is 12.3. The van der Waals surface area contributed by atoms with Crippen molar-refractivity contribution in [3.8, 4) is 0 Å². The molecule has 2 aliphatic rings. The third-order valence-corrected chi connectivity index (χ3v) is 8.30. The van der Waals surface area contributed by atoms with Gasteiger partial charge in [0.05, 0.1) is 12.9 Å². The number of nitrogens with one attached hydrogen (secondary N) is 2. The fraction of sp³-hybridized carbons (Fsp3) is 0.357. The summed E-state index contributed by atoms with van der Waals surface area (Å²) in [5.74, 6) is 0.234. The number of urea groups is 1. The summed E-state index contributed by atoms with van der Waals surface area (Å²) >= 11 is 0. The summed E-state index contributed by atoms with van der Waals surface area (Å²) in [4.78, 5) is 37.9. The van der Waals surface area contributed by atoms with Gasteiger partial charge in [-0.3, -0.25) is 9.88 Å². The first-order valence-corrected chi connectivity index (χ1v) is 15.3. The van der Waals surface area contributed by atoms with Crippen LogP contribution in [0.4, 0.5) is 10.6 Å². The lowest BCUT2D eigenvalue weighted by Crippen LogP contribution is -2.32. The van der Waals surface area contributed by atoms with E-state index in [1.807, 2.05) is 36.4 Å². The number of carbonyl (C=O) groups is 1. The molecule has 6 rings (SSSR count). The highest BCUT2D eigenvalue weighted by atomic mass is 31.2. The van der Waals surface area contributed by atoms with E-state index in [-0.39, 0.29) is 18.6 Å². The Kier molecular flexibility index (Phi) is 8.29. The molecule has 2 aliphatic heterocycles. The summed E-state index contributed by atoms with van der Waals surface area (Å²) in [5.41, 5.74) is 2.41. The molecule has 2 saturated heterocycles. The fourth-order valence-electron chi connectivity index (χ4n) is 5.14. The van der Waals surface area contributed by atoms with Crippen molar-refractivity contribution in [3.63, 3.8) is 0 Å². The lowest BCUT2D eigenvalue weighted by Gasteiger charge is -2.26. The van der Waals surface area contributed by atoms with E-state index >= 15 is 0 Å². The maximum absolute atomic E-state index is 12.8. The second-order valence-electron chi connectivity index (χ2n) is 9.97. The molecule has 0 saturated carbocycles. The number of aromatic nitrogens is 4. The molecule has 2 N–H and O–H groups in total. The van der Waals surface area contributed by atoms with E-state index in [0.717, 1.165) is 5.56 Å². The number of benzene rings is 2. The monoisotopic (exact) mass is 593 g/mol. The van der Waals surface area contributed by atoms with Crippen LogP contribution >= 0.6 is 7.60 Å². The molecular formula is C28H30N6O7P-. The van der Waals surface area contributed by atoms with Crippen molar-refractivity contribution in [1.82, 2.24) is 24.8 Å². The van der Waals surface area contributed by atoms with Crippen LogP contribution in [-0.4, -0.2) is 63.3 Å². The van der Waals surface area contributed by atoms with Crippen LogP contribution in [0.15, 0.2) is 73.3 Å². The molecule has 2 aromatic heterocycles.